The van der Waals surface area contributed by atoms with Gasteiger partial charge >= 0.3 is 0 Å². The van der Waals surface area contributed by atoms with Gasteiger partial charge in [-0.25, -0.2) is 0 Å². The van der Waals surface area contributed by atoms with E-state index in [9.17, 15) is 4.79 Å². The fraction of sp³-hybridized carbons (Fsp3) is 0.615. The van der Waals surface area contributed by atoms with Crippen molar-refractivity contribution in [3.63, 3.8) is 0 Å². The Bertz CT molecular complexity index is 434. The molecule has 3 rings (SSSR count). The fourth-order valence-electron chi connectivity index (χ4n) is 2.85. The van der Waals surface area contributed by atoms with Crippen LogP contribution in [0.4, 0.5) is 0 Å². The summed E-state index contributed by atoms with van der Waals surface area (Å²) in [5, 5.41) is 5.44. The molecule has 5 heteroatoms. The second kappa shape index (κ2) is 4.64. The molecule has 1 aromatic rings. The Morgan fingerprint density at radius 1 is 1.50 bits per heavy atom. The number of hydrogen-bond donors (Lipinski definition) is 1. The van der Waals surface area contributed by atoms with E-state index in [1.165, 1.54) is 4.88 Å². The van der Waals surface area contributed by atoms with Crippen molar-refractivity contribution < 1.29 is 9.53 Å². The van der Waals surface area contributed by atoms with Crippen LogP contribution in [-0.4, -0.2) is 35.6 Å². The molecule has 4 atom stereocenters. The molecule has 2 aliphatic rings. The van der Waals surface area contributed by atoms with Crippen LogP contribution < -0.4 is 5.32 Å². The Balaban J connectivity index is 1.90. The van der Waals surface area contributed by atoms with Gasteiger partial charge < -0.3 is 9.64 Å². The van der Waals surface area contributed by atoms with Gasteiger partial charge in [0, 0.05) is 11.5 Å². The van der Waals surface area contributed by atoms with Crippen LogP contribution in [0.3, 0.4) is 0 Å². The lowest BCUT2D eigenvalue weighted by molar-refractivity contribution is -0.133. The molecular formula is C13H18N2O2S. The summed E-state index contributed by atoms with van der Waals surface area (Å²) >= 11 is 1.69. The highest BCUT2D eigenvalue weighted by Crippen LogP contribution is 2.34. The standard InChI is InChI=1S/C13H18N2O2S/c1-8-13(16)15(10-5-6-17-9(10)2)12(14-8)11-4-3-7-18-11/h3-4,7-10,12,14H,5-6H2,1-2H3. The lowest BCUT2D eigenvalue weighted by Crippen LogP contribution is -2.43. The molecule has 2 fully saturated rings. The van der Waals surface area contributed by atoms with Crippen LogP contribution in [-0.2, 0) is 9.53 Å². The highest BCUT2D eigenvalue weighted by molar-refractivity contribution is 7.10. The van der Waals surface area contributed by atoms with Crippen LogP contribution in [0, 0.1) is 0 Å². The van der Waals surface area contributed by atoms with Crippen molar-refractivity contribution in [3.8, 4) is 0 Å². The lowest BCUT2D eigenvalue weighted by Gasteiger charge is -2.31. The van der Waals surface area contributed by atoms with Gasteiger partial charge in [-0.15, -0.1) is 11.3 Å². The van der Waals surface area contributed by atoms with Crippen molar-refractivity contribution in [2.75, 3.05) is 6.61 Å². The zero-order valence-electron chi connectivity index (χ0n) is 10.6. The Hall–Kier alpha value is -0.910. The molecule has 0 aliphatic carbocycles. The van der Waals surface area contributed by atoms with Gasteiger partial charge in [0.15, 0.2) is 0 Å². The van der Waals surface area contributed by atoms with E-state index >= 15 is 0 Å². The molecule has 4 unspecified atom stereocenters. The monoisotopic (exact) mass is 266 g/mol. The number of carbonyl (C=O) groups is 1. The first kappa shape index (κ1) is 12.1. The number of rotatable bonds is 2. The van der Waals surface area contributed by atoms with Gasteiger partial charge in [-0.3, -0.25) is 10.1 Å². The molecule has 0 spiro atoms. The summed E-state index contributed by atoms with van der Waals surface area (Å²) < 4.78 is 5.61. The second-order valence-electron chi connectivity index (χ2n) is 4.98. The number of nitrogens with one attached hydrogen (secondary N) is 1. The minimum absolute atomic E-state index is 0.0154. The first-order valence-corrected chi connectivity index (χ1v) is 7.29. The maximum absolute atomic E-state index is 12.4. The third kappa shape index (κ3) is 1.86. The zero-order valence-corrected chi connectivity index (χ0v) is 11.4. The van der Waals surface area contributed by atoms with E-state index in [-0.39, 0.29) is 30.3 Å². The minimum atomic E-state index is -0.107. The molecule has 1 amide bonds. The summed E-state index contributed by atoms with van der Waals surface area (Å²) in [5.74, 6) is 0.191. The van der Waals surface area contributed by atoms with Gasteiger partial charge in [-0.05, 0) is 31.7 Å². The van der Waals surface area contributed by atoms with E-state index in [0.29, 0.717) is 0 Å². The smallest absolute Gasteiger partial charge is 0.241 e. The van der Waals surface area contributed by atoms with Crippen LogP contribution in [0.5, 0.6) is 0 Å². The van der Waals surface area contributed by atoms with E-state index < -0.39 is 0 Å². The van der Waals surface area contributed by atoms with Crippen LogP contribution in [0.1, 0.15) is 31.3 Å². The van der Waals surface area contributed by atoms with Gasteiger partial charge in [-0.1, -0.05) is 6.07 Å². The number of hydrogen-bond acceptors (Lipinski definition) is 4. The molecule has 1 N–H and O–H groups in total. The molecule has 2 saturated heterocycles. The van der Waals surface area contributed by atoms with Crippen molar-refractivity contribution in [2.45, 2.75) is 44.6 Å². The van der Waals surface area contributed by atoms with E-state index in [0.717, 1.165) is 13.0 Å². The quantitative estimate of drug-likeness (QED) is 0.886. The second-order valence-corrected chi connectivity index (χ2v) is 5.96. The zero-order chi connectivity index (χ0) is 12.7. The summed E-state index contributed by atoms with van der Waals surface area (Å²) in [6.45, 7) is 4.74. The number of ether oxygens (including phenoxy) is 1. The molecule has 18 heavy (non-hydrogen) atoms. The summed E-state index contributed by atoms with van der Waals surface area (Å²) in [6, 6.07) is 4.20. The normalized spacial score (nSPS) is 36.6. The average Bonchev–Trinajstić information content (AvgIpc) is 3.03. The average molecular weight is 266 g/mol. The molecular weight excluding hydrogens is 248 g/mol. The number of carbonyl (C=O) groups excluding carboxylic acids is 1. The minimum Gasteiger partial charge on any atom is -0.376 e. The van der Waals surface area contributed by atoms with Crippen LogP contribution in [0.25, 0.3) is 0 Å². The topological polar surface area (TPSA) is 41.6 Å². The van der Waals surface area contributed by atoms with Crippen LogP contribution >= 0.6 is 11.3 Å². The number of amides is 1. The van der Waals surface area contributed by atoms with Gasteiger partial charge in [0.25, 0.3) is 0 Å². The lowest BCUT2D eigenvalue weighted by atomic mass is 10.1. The third-order valence-electron chi connectivity index (χ3n) is 3.82. The molecule has 1 aromatic heterocycles. The third-order valence-corrected chi connectivity index (χ3v) is 4.74. The van der Waals surface area contributed by atoms with Crippen LogP contribution in [0.15, 0.2) is 17.5 Å². The van der Waals surface area contributed by atoms with Gasteiger partial charge in [0.2, 0.25) is 5.91 Å². The summed E-state index contributed by atoms with van der Waals surface area (Å²) in [7, 11) is 0. The molecule has 3 heterocycles. The molecule has 2 aliphatic heterocycles. The summed E-state index contributed by atoms with van der Waals surface area (Å²) in [4.78, 5) is 15.6. The maximum atomic E-state index is 12.4. The van der Waals surface area contributed by atoms with E-state index in [1.54, 1.807) is 11.3 Å². The molecule has 0 aromatic carbocycles. The van der Waals surface area contributed by atoms with Crippen molar-refractivity contribution in [3.05, 3.63) is 22.4 Å². The van der Waals surface area contributed by atoms with Gasteiger partial charge in [0.05, 0.1) is 18.2 Å². The number of nitrogens with zero attached hydrogens (tertiary/aromatic N) is 1. The SMILES string of the molecule is CC1NC(c2cccs2)N(C2CCOC2C)C1=O. The van der Waals surface area contributed by atoms with Crippen molar-refractivity contribution in [1.82, 2.24) is 10.2 Å². The van der Waals surface area contributed by atoms with E-state index in [2.05, 4.69) is 23.7 Å². The molecule has 0 saturated carbocycles. The van der Waals surface area contributed by atoms with E-state index in [1.807, 2.05) is 17.9 Å². The molecule has 0 radical (unpaired) electrons. The Morgan fingerprint density at radius 3 is 2.94 bits per heavy atom. The Labute approximate surface area is 111 Å². The Kier molecular flexibility index (Phi) is 3.13. The predicted molar refractivity (Wildman–Crippen MR) is 70.3 cm³/mol. The Morgan fingerprint density at radius 2 is 2.33 bits per heavy atom. The first-order chi connectivity index (χ1) is 8.68. The summed E-state index contributed by atoms with van der Waals surface area (Å²) in [6.07, 6.45) is 1.08. The largest absolute Gasteiger partial charge is 0.376 e. The number of thiophene rings is 1. The van der Waals surface area contributed by atoms with Crippen molar-refractivity contribution >= 4 is 17.2 Å². The molecule has 0 bridgehead atoms. The first-order valence-electron chi connectivity index (χ1n) is 6.41. The summed E-state index contributed by atoms with van der Waals surface area (Å²) in [5.41, 5.74) is 0. The van der Waals surface area contributed by atoms with E-state index in [4.69, 9.17) is 4.74 Å². The maximum Gasteiger partial charge on any atom is 0.241 e. The predicted octanol–water partition coefficient (Wildman–Crippen LogP) is 1.74. The van der Waals surface area contributed by atoms with Crippen LogP contribution in [0.2, 0.25) is 0 Å². The van der Waals surface area contributed by atoms with Gasteiger partial charge in [0.1, 0.15) is 6.17 Å². The van der Waals surface area contributed by atoms with Gasteiger partial charge in [-0.2, -0.15) is 0 Å². The van der Waals surface area contributed by atoms with Crippen molar-refractivity contribution in [2.24, 2.45) is 0 Å². The highest BCUT2D eigenvalue weighted by Gasteiger charge is 2.44. The molecule has 4 nitrogen and oxygen atoms in total. The highest BCUT2D eigenvalue weighted by atomic mass is 32.1. The van der Waals surface area contributed by atoms with Crippen molar-refractivity contribution in [1.29, 1.82) is 0 Å². The molecule has 98 valence electrons. The fourth-order valence-corrected chi connectivity index (χ4v) is 3.63.